The predicted molar refractivity (Wildman–Crippen MR) is 68.9 cm³/mol. The van der Waals surface area contributed by atoms with E-state index in [0.717, 1.165) is 19.4 Å². The normalized spacial score (nSPS) is 20.2. The molecule has 1 unspecified atom stereocenters. The van der Waals surface area contributed by atoms with Crippen LogP contribution in [0.2, 0.25) is 0 Å². The summed E-state index contributed by atoms with van der Waals surface area (Å²) in [5.41, 5.74) is 0.381. The number of hydrogen-bond donors (Lipinski definition) is 1. The molecule has 3 rings (SSSR count). The van der Waals surface area contributed by atoms with Gasteiger partial charge in [-0.3, -0.25) is 0 Å². The van der Waals surface area contributed by atoms with Gasteiger partial charge in [0.2, 0.25) is 11.7 Å². The van der Waals surface area contributed by atoms with Crippen molar-refractivity contribution in [1.29, 1.82) is 0 Å². The van der Waals surface area contributed by atoms with Crippen molar-refractivity contribution < 1.29 is 8.91 Å². The van der Waals surface area contributed by atoms with E-state index >= 15 is 0 Å². The van der Waals surface area contributed by atoms with E-state index in [2.05, 4.69) is 15.5 Å². The minimum absolute atomic E-state index is 0.0931. The van der Waals surface area contributed by atoms with Crippen LogP contribution in [0.4, 0.5) is 4.39 Å². The summed E-state index contributed by atoms with van der Waals surface area (Å²) < 4.78 is 18.9. The highest BCUT2D eigenvalue weighted by Crippen LogP contribution is 2.25. The van der Waals surface area contributed by atoms with Gasteiger partial charge in [-0.1, -0.05) is 30.1 Å². The molecule has 0 radical (unpaired) electrons. The Hall–Kier alpha value is -1.75. The van der Waals surface area contributed by atoms with Gasteiger partial charge in [0, 0.05) is 0 Å². The van der Waals surface area contributed by atoms with Gasteiger partial charge >= 0.3 is 0 Å². The zero-order chi connectivity index (χ0) is 13.1. The summed E-state index contributed by atoms with van der Waals surface area (Å²) in [6.07, 6.45) is 4.52. The van der Waals surface area contributed by atoms with E-state index in [9.17, 15) is 4.39 Å². The molecule has 1 N–H and O–H groups in total. The minimum atomic E-state index is -0.330. The molecule has 2 aromatic rings. The number of rotatable bonds is 2. The number of halogens is 1. The molecule has 0 aliphatic carbocycles. The Kier molecular flexibility index (Phi) is 3.55. The number of nitrogens with zero attached hydrogens (tertiary/aromatic N) is 2. The van der Waals surface area contributed by atoms with Gasteiger partial charge in [-0.25, -0.2) is 4.39 Å². The zero-order valence-corrected chi connectivity index (χ0v) is 10.6. The highest BCUT2D eigenvalue weighted by atomic mass is 19.1. The molecule has 2 heterocycles. The van der Waals surface area contributed by atoms with Gasteiger partial charge in [0.05, 0.1) is 11.6 Å². The van der Waals surface area contributed by atoms with Crippen molar-refractivity contribution >= 4 is 0 Å². The molecule has 0 bridgehead atoms. The number of benzene rings is 1. The molecular weight excluding hydrogens is 245 g/mol. The van der Waals surface area contributed by atoms with E-state index in [0.29, 0.717) is 17.3 Å². The Morgan fingerprint density at radius 2 is 2.11 bits per heavy atom. The van der Waals surface area contributed by atoms with Crippen molar-refractivity contribution in [1.82, 2.24) is 15.5 Å². The van der Waals surface area contributed by atoms with Crippen LogP contribution in [0.25, 0.3) is 11.4 Å². The maximum Gasteiger partial charge on any atom is 0.244 e. The average Bonchev–Trinajstić information content (AvgIpc) is 2.75. The highest BCUT2D eigenvalue weighted by molar-refractivity contribution is 5.54. The van der Waals surface area contributed by atoms with Crippen LogP contribution in [-0.4, -0.2) is 16.7 Å². The van der Waals surface area contributed by atoms with Gasteiger partial charge in [0.1, 0.15) is 5.82 Å². The number of aromatic nitrogens is 2. The van der Waals surface area contributed by atoms with Crippen LogP contribution in [0.1, 0.15) is 37.6 Å². The Morgan fingerprint density at radius 3 is 3.00 bits per heavy atom. The molecular formula is C14H16FN3O. The van der Waals surface area contributed by atoms with E-state index in [-0.39, 0.29) is 11.9 Å². The van der Waals surface area contributed by atoms with E-state index < -0.39 is 0 Å². The third-order valence-corrected chi connectivity index (χ3v) is 3.41. The SMILES string of the molecule is Fc1ccccc1-c1noc(C2CCCCCN2)n1. The second-order valence-corrected chi connectivity index (χ2v) is 4.79. The van der Waals surface area contributed by atoms with E-state index in [1.807, 2.05) is 0 Å². The Morgan fingerprint density at radius 1 is 1.21 bits per heavy atom. The number of nitrogens with one attached hydrogen (secondary N) is 1. The fourth-order valence-electron chi connectivity index (χ4n) is 2.37. The molecule has 1 aromatic carbocycles. The van der Waals surface area contributed by atoms with Crippen molar-refractivity contribution in [2.45, 2.75) is 31.7 Å². The van der Waals surface area contributed by atoms with Crippen LogP contribution in [-0.2, 0) is 0 Å². The van der Waals surface area contributed by atoms with Crippen molar-refractivity contribution in [3.8, 4) is 11.4 Å². The van der Waals surface area contributed by atoms with E-state index in [4.69, 9.17) is 4.52 Å². The molecule has 4 nitrogen and oxygen atoms in total. The molecule has 1 aromatic heterocycles. The lowest BCUT2D eigenvalue weighted by atomic mass is 10.1. The lowest BCUT2D eigenvalue weighted by Gasteiger charge is -2.09. The molecule has 1 saturated heterocycles. The first-order chi connectivity index (χ1) is 9.34. The maximum absolute atomic E-state index is 13.7. The van der Waals surface area contributed by atoms with Crippen LogP contribution in [0.15, 0.2) is 28.8 Å². The molecule has 0 amide bonds. The number of hydrogen-bond acceptors (Lipinski definition) is 4. The fourth-order valence-corrected chi connectivity index (χ4v) is 2.37. The molecule has 100 valence electrons. The van der Waals surface area contributed by atoms with Crippen molar-refractivity contribution in [2.24, 2.45) is 0 Å². The first kappa shape index (κ1) is 12.3. The second kappa shape index (κ2) is 5.48. The largest absolute Gasteiger partial charge is 0.337 e. The molecule has 5 heteroatoms. The van der Waals surface area contributed by atoms with Crippen molar-refractivity contribution in [2.75, 3.05) is 6.54 Å². The first-order valence-electron chi connectivity index (χ1n) is 6.66. The van der Waals surface area contributed by atoms with E-state index in [1.54, 1.807) is 18.2 Å². The molecule has 1 fully saturated rings. The summed E-state index contributed by atoms with van der Waals surface area (Å²) in [7, 11) is 0. The summed E-state index contributed by atoms with van der Waals surface area (Å²) in [6.45, 7) is 0.960. The van der Waals surface area contributed by atoms with Crippen LogP contribution >= 0.6 is 0 Å². The Balaban J connectivity index is 1.85. The second-order valence-electron chi connectivity index (χ2n) is 4.79. The third-order valence-electron chi connectivity index (χ3n) is 3.41. The summed E-state index contributed by atoms with van der Waals surface area (Å²) in [5, 5.41) is 7.27. The molecule has 19 heavy (non-hydrogen) atoms. The van der Waals surface area contributed by atoms with Crippen LogP contribution in [0.5, 0.6) is 0 Å². The van der Waals surface area contributed by atoms with Crippen LogP contribution in [0.3, 0.4) is 0 Å². The predicted octanol–water partition coefficient (Wildman–Crippen LogP) is 3.08. The topological polar surface area (TPSA) is 51.0 Å². The standard InChI is InChI=1S/C14H16FN3O/c15-11-7-4-3-6-10(11)13-17-14(19-18-13)12-8-2-1-5-9-16-12/h3-4,6-7,12,16H,1-2,5,8-9H2. The van der Waals surface area contributed by atoms with Gasteiger partial charge in [-0.2, -0.15) is 4.98 Å². The minimum Gasteiger partial charge on any atom is -0.337 e. The lowest BCUT2D eigenvalue weighted by molar-refractivity contribution is 0.327. The zero-order valence-electron chi connectivity index (χ0n) is 10.6. The molecule has 0 saturated carbocycles. The highest BCUT2D eigenvalue weighted by Gasteiger charge is 2.21. The molecule has 1 aliphatic heterocycles. The Labute approximate surface area is 111 Å². The monoisotopic (exact) mass is 261 g/mol. The quantitative estimate of drug-likeness (QED) is 0.902. The van der Waals surface area contributed by atoms with Gasteiger partial charge in [0.25, 0.3) is 0 Å². The fraction of sp³-hybridized carbons (Fsp3) is 0.429. The van der Waals surface area contributed by atoms with Gasteiger partial charge in [-0.15, -0.1) is 0 Å². The summed E-state index contributed by atoms with van der Waals surface area (Å²) >= 11 is 0. The molecule has 1 aliphatic rings. The van der Waals surface area contributed by atoms with Gasteiger partial charge in [0.15, 0.2) is 0 Å². The summed E-state index contributed by atoms with van der Waals surface area (Å²) in [5.74, 6) is 0.544. The Bertz CT molecular complexity index is 547. The summed E-state index contributed by atoms with van der Waals surface area (Å²) in [6, 6.07) is 6.56. The molecule has 1 atom stereocenters. The summed E-state index contributed by atoms with van der Waals surface area (Å²) in [4.78, 5) is 4.33. The molecule has 0 spiro atoms. The third kappa shape index (κ3) is 2.66. The van der Waals surface area contributed by atoms with Crippen molar-refractivity contribution in [3.63, 3.8) is 0 Å². The van der Waals surface area contributed by atoms with Gasteiger partial charge < -0.3 is 9.84 Å². The van der Waals surface area contributed by atoms with Crippen LogP contribution < -0.4 is 5.32 Å². The van der Waals surface area contributed by atoms with Crippen LogP contribution in [0, 0.1) is 5.82 Å². The average molecular weight is 261 g/mol. The van der Waals surface area contributed by atoms with E-state index in [1.165, 1.54) is 18.9 Å². The first-order valence-corrected chi connectivity index (χ1v) is 6.66. The lowest BCUT2D eigenvalue weighted by Crippen LogP contribution is -2.20. The van der Waals surface area contributed by atoms with Crippen molar-refractivity contribution in [3.05, 3.63) is 36.0 Å². The maximum atomic E-state index is 13.7. The van der Waals surface area contributed by atoms with Gasteiger partial charge in [-0.05, 0) is 31.5 Å². The smallest absolute Gasteiger partial charge is 0.244 e.